The number of hydrogen-bond donors (Lipinski definition) is 0. The Balaban J connectivity index is 1.43. The number of fused-ring (bicyclic) bond motifs is 1. The molecule has 0 aliphatic carbocycles. The minimum absolute atomic E-state index is 0.0154. The average Bonchev–Trinajstić information content (AvgIpc) is 3.12. The summed E-state index contributed by atoms with van der Waals surface area (Å²) in [6.07, 6.45) is 1.52. The zero-order valence-electron chi connectivity index (χ0n) is 20.3. The largest absolute Gasteiger partial charge is 0.274 e. The SMILES string of the molecule is Cc1cccc(N(C(=O)CCCCCN2C(=O)c3ccccc3C2=O)S(=O)(=O)c2ccccc2)c1C. The lowest BCUT2D eigenvalue weighted by Crippen LogP contribution is -2.37. The molecule has 0 atom stereocenters. The van der Waals surface area contributed by atoms with Crippen LogP contribution >= 0.6 is 0 Å². The quantitative estimate of drug-likeness (QED) is 0.306. The van der Waals surface area contributed by atoms with Gasteiger partial charge in [0.2, 0.25) is 5.91 Å². The smallest absolute Gasteiger partial charge is 0.270 e. The predicted molar refractivity (Wildman–Crippen MR) is 137 cm³/mol. The third-order valence-corrected chi connectivity index (χ3v) is 8.20. The Morgan fingerprint density at radius 2 is 1.39 bits per heavy atom. The van der Waals surface area contributed by atoms with Crippen LogP contribution in [-0.4, -0.2) is 37.6 Å². The van der Waals surface area contributed by atoms with E-state index < -0.39 is 15.9 Å². The fourth-order valence-corrected chi connectivity index (χ4v) is 5.85. The van der Waals surface area contributed by atoms with Crippen molar-refractivity contribution in [3.63, 3.8) is 0 Å². The number of anilines is 1. The van der Waals surface area contributed by atoms with Crippen molar-refractivity contribution in [3.05, 3.63) is 95.1 Å². The van der Waals surface area contributed by atoms with Gasteiger partial charge in [-0.25, -0.2) is 12.7 Å². The molecule has 186 valence electrons. The molecule has 3 aromatic carbocycles. The van der Waals surface area contributed by atoms with E-state index >= 15 is 0 Å². The van der Waals surface area contributed by atoms with Crippen molar-refractivity contribution in [2.45, 2.75) is 44.4 Å². The fraction of sp³-hybridized carbons (Fsp3) is 0.250. The Kier molecular flexibility index (Phi) is 7.35. The van der Waals surface area contributed by atoms with E-state index in [1.165, 1.54) is 17.0 Å². The summed E-state index contributed by atoms with van der Waals surface area (Å²) >= 11 is 0. The maximum absolute atomic E-state index is 13.5. The molecular formula is C28H28N2O5S. The second-order valence-electron chi connectivity index (χ2n) is 8.81. The van der Waals surface area contributed by atoms with Crippen molar-refractivity contribution in [1.29, 1.82) is 0 Å². The zero-order valence-corrected chi connectivity index (χ0v) is 21.1. The highest BCUT2D eigenvalue weighted by Gasteiger charge is 2.35. The first kappa shape index (κ1) is 25.3. The number of carbonyl (C=O) groups is 3. The van der Waals surface area contributed by atoms with E-state index in [1.807, 2.05) is 13.0 Å². The van der Waals surface area contributed by atoms with Gasteiger partial charge < -0.3 is 0 Å². The maximum Gasteiger partial charge on any atom is 0.270 e. The van der Waals surface area contributed by atoms with Crippen LogP contribution in [0.3, 0.4) is 0 Å². The number of carbonyl (C=O) groups excluding carboxylic acids is 3. The lowest BCUT2D eigenvalue weighted by Gasteiger charge is -2.25. The van der Waals surface area contributed by atoms with Crippen LogP contribution in [0, 0.1) is 13.8 Å². The molecule has 0 aromatic heterocycles. The molecule has 1 aliphatic heterocycles. The number of benzene rings is 3. The van der Waals surface area contributed by atoms with Crippen molar-refractivity contribution < 1.29 is 22.8 Å². The summed E-state index contributed by atoms with van der Waals surface area (Å²) in [4.78, 5) is 39.6. The molecule has 0 spiro atoms. The third kappa shape index (κ3) is 4.81. The highest BCUT2D eigenvalue weighted by Crippen LogP contribution is 2.30. The second-order valence-corrected chi connectivity index (χ2v) is 10.6. The monoisotopic (exact) mass is 504 g/mol. The van der Waals surface area contributed by atoms with Gasteiger partial charge in [-0.3, -0.25) is 19.3 Å². The third-order valence-electron chi connectivity index (χ3n) is 6.45. The molecule has 1 aliphatic rings. The van der Waals surface area contributed by atoms with Crippen LogP contribution in [0.25, 0.3) is 0 Å². The summed E-state index contributed by atoms with van der Waals surface area (Å²) < 4.78 is 27.9. The number of imide groups is 1. The molecule has 3 aromatic rings. The lowest BCUT2D eigenvalue weighted by atomic mass is 10.1. The number of amides is 3. The zero-order chi connectivity index (χ0) is 25.9. The maximum atomic E-state index is 13.5. The Bertz CT molecular complexity index is 1380. The molecule has 8 heteroatoms. The highest BCUT2D eigenvalue weighted by atomic mass is 32.2. The van der Waals surface area contributed by atoms with Crippen LogP contribution in [0.15, 0.2) is 77.7 Å². The number of sulfonamides is 1. The molecule has 4 rings (SSSR count). The van der Waals surface area contributed by atoms with Gasteiger partial charge in [-0.1, -0.05) is 48.9 Å². The van der Waals surface area contributed by atoms with E-state index in [1.54, 1.807) is 61.5 Å². The molecule has 0 radical (unpaired) electrons. The lowest BCUT2D eigenvalue weighted by molar-refractivity contribution is -0.117. The van der Waals surface area contributed by atoms with Gasteiger partial charge in [0.15, 0.2) is 0 Å². The Labute approximate surface area is 211 Å². The molecule has 0 bridgehead atoms. The van der Waals surface area contributed by atoms with Crippen molar-refractivity contribution in [2.75, 3.05) is 10.8 Å². The molecule has 1 heterocycles. The minimum Gasteiger partial charge on any atom is -0.274 e. The van der Waals surface area contributed by atoms with Crippen LogP contribution in [0.1, 0.15) is 57.5 Å². The Hall–Kier alpha value is -3.78. The molecule has 0 N–H and O–H groups in total. The summed E-state index contributed by atoms with van der Waals surface area (Å²) in [6.45, 7) is 3.92. The average molecular weight is 505 g/mol. The van der Waals surface area contributed by atoms with Gasteiger partial charge in [-0.05, 0) is 68.1 Å². The number of rotatable bonds is 9. The van der Waals surface area contributed by atoms with Crippen LogP contribution in [-0.2, 0) is 14.8 Å². The number of hydrogen-bond acceptors (Lipinski definition) is 5. The van der Waals surface area contributed by atoms with Crippen molar-refractivity contribution in [3.8, 4) is 0 Å². The molecular weight excluding hydrogens is 476 g/mol. The Morgan fingerprint density at radius 3 is 2.03 bits per heavy atom. The molecule has 0 saturated heterocycles. The van der Waals surface area contributed by atoms with Gasteiger partial charge in [-0.15, -0.1) is 0 Å². The number of nitrogens with zero attached hydrogens (tertiary/aromatic N) is 2. The molecule has 3 amide bonds. The van der Waals surface area contributed by atoms with Crippen LogP contribution in [0.5, 0.6) is 0 Å². The first-order chi connectivity index (χ1) is 17.2. The molecule has 7 nitrogen and oxygen atoms in total. The van der Waals surface area contributed by atoms with Crippen molar-refractivity contribution in [1.82, 2.24) is 4.90 Å². The van der Waals surface area contributed by atoms with E-state index in [9.17, 15) is 22.8 Å². The molecule has 0 fully saturated rings. The van der Waals surface area contributed by atoms with E-state index in [0.717, 1.165) is 15.4 Å². The Morgan fingerprint density at radius 1 is 0.778 bits per heavy atom. The van der Waals surface area contributed by atoms with Gasteiger partial charge in [-0.2, -0.15) is 0 Å². The second kappa shape index (κ2) is 10.5. The van der Waals surface area contributed by atoms with Gasteiger partial charge in [0.1, 0.15) is 0 Å². The van der Waals surface area contributed by atoms with Gasteiger partial charge >= 0.3 is 0 Å². The highest BCUT2D eigenvalue weighted by molar-refractivity contribution is 7.93. The van der Waals surface area contributed by atoms with E-state index in [-0.39, 0.29) is 29.7 Å². The van der Waals surface area contributed by atoms with Crippen molar-refractivity contribution >= 4 is 33.4 Å². The first-order valence-corrected chi connectivity index (χ1v) is 13.3. The minimum atomic E-state index is -4.11. The van der Waals surface area contributed by atoms with E-state index in [0.29, 0.717) is 36.1 Å². The normalized spacial score (nSPS) is 13.1. The summed E-state index contributed by atoms with van der Waals surface area (Å²) in [6, 6.07) is 19.9. The summed E-state index contributed by atoms with van der Waals surface area (Å²) in [5.74, 6) is -1.13. The standard InChI is InChI=1S/C28H28N2O5S/c1-20-12-11-17-25(21(20)2)30(36(34,35)22-13-5-3-6-14-22)26(31)18-7-4-10-19-29-27(32)23-15-8-9-16-24(23)28(29)33/h3,5-6,8-9,11-17H,4,7,10,18-19H2,1-2H3. The molecule has 0 unspecified atom stereocenters. The van der Waals surface area contributed by atoms with Gasteiger partial charge in [0.25, 0.3) is 21.8 Å². The van der Waals surface area contributed by atoms with Gasteiger partial charge in [0, 0.05) is 13.0 Å². The fourth-order valence-electron chi connectivity index (χ4n) is 4.32. The van der Waals surface area contributed by atoms with Crippen LogP contribution < -0.4 is 4.31 Å². The van der Waals surface area contributed by atoms with Crippen molar-refractivity contribution in [2.24, 2.45) is 0 Å². The van der Waals surface area contributed by atoms with E-state index in [2.05, 4.69) is 0 Å². The summed E-state index contributed by atoms with van der Waals surface area (Å²) in [5.41, 5.74) is 2.77. The van der Waals surface area contributed by atoms with Crippen LogP contribution in [0.2, 0.25) is 0 Å². The first-order valence-electron chi connectivity index (χ1n) is 11.9. The number of aryl methyl sites for hydroxylation is 1. The molecule has 0 saturated carbocycles. The predicted octanol–water partition coefficient (Wildman–Crippen LogP) is 4.88. The topological polar surface area (TPSA) is 91.8 Å². The number of unbranched alkanes of at least 4 members (excludes halogenated alkanes) is 2. The summed E-state index contributed by atoms with van der Waals surface area (Å²) in [7, 11) is -4.11. The van der Waals surface area contributed by atoms with E-state index in [4.69, 9.17) is 0 Å². The molecule has 36 heavy (non-hydrogen) atoms. The van der Waals surface area contributed by atoms with Crippen LogP contribution in [0.4, 0.5) is 5.69 Å². The summed E-state index contributed by atoms with van der Waals surface area (Å²) in [5, 5.41) is 0. The van der Waals surface area contributed by atoms with Gasteiger partial charge in [0.05, 0.1) is 21.7 Å².